The van der Waals surface area contributed by atoms with Crippen molar-refractivity contribution in [1.29, 1.82) is 0 Å². The molecule has 1 amide bonds. The van der Waals surface area contributed by atoms with Crippen LogP contribution in [0.5, 0.6) is 0 Å². The van der Waals surface area contributed by atoms with E-state index < -0.39 is 13.6 Å². The number of benzene rings is 1. The number of carbonyl (C=O) groups excluding carboxylic acids is 1. The average molecular weight is 268 g/mol. The van der Waals surface area contributed by atoms with Crippen LogP contribution in [-0.4, -0.2) is 23.2 Å². The summed E-state index contributed by atoms with van der Waals surface area (Å²) in [6.45, 7) is 0.375. The van der Waals surface area contributed by atoms with Gasteiger partial charge in [0.15, 0.2) is 0 Å². The standard InChI is InChI=1S/C11H17N4O2P/c12-10-7-4-8-15(11(10)16)18(13,17)14-9-5-2-1-3-6-9/h1-3,5-6,10H,4,7-8,12H2,(H3,13,14,17)/t10-,18?/m0/s1. The van der Waals surface area contributed by atoms with Crippen LogP contribution in [0.4, 0.5) is 5.69 Å². The number of carbonyl (C=O) groups is 1. The van der Waals surface area contributed by atoms with Gasteiger partial charge in [-0.2, -0.15) is 0 Å². The number of rotatable bonds is 3. The molecule has 0 bridgehead atoms. The Morgan fingerprint density at radius 1 is 1.33 bits per heavy atom. The molecule has 0 aromatic heterocycles. The van der Waals surface area contributed by atoms with Crippen molar-refractivity contribution in [2.45, 2.75) is 18.9 Å². The highest BCUT2D eigenvalue weighted by Crippen LogP contribution is 2.43. The molecular weight excluding hydrogens is 251 g/mol. The number of nitrogens with zero attached hydrogens (tertiary/aromatic N) is 1. The molecule has 2 rings (SSSR count). The second kappa shape index (κ2) is 5.10. The van der Waals surface area contributed by atoms with E-state index in [9.17, 15) is 9.36 Å². The van der Waals surface area contributed by atoms with Crippen LogP contribution in [0, 0.1) is 0 Å². The third kappa shape index (κ3) is 2.72. The molecule has 0 spiro atoms. The number of nitrogens with one attached hydrogen (secondary N) is 1. The van der Waals surface area contributed by atoms with Crippen LogP contribution >= 0.6 is 7.59 Å². The van der Waals surface area contributed by atoms with E-state index in [1.165, 1.54) is 4.67 Å². The van der Waals surface area contributed by atoms with E-state index in [1.54, 1.807) is 24.3 Å². The van der Waals surface area contributed by atoms with Crippen LogP contribution < -0.4 is 16.3 Å². The van der Waals surface area contributed by atoms with E-state index in [-0.39, 0.29) is 5.91 Å². The van der Waals surface area contributed by atoms with E-state index in [0.717, 1.165) is 0 Å². The summed E-state index contributed by atoms with van der Waals surface area (Å²) in [7, 11) is -3.43. The first-order valence-electron chi connectivity index (χ1n) is 5.80. The summed E-state index contributed by atoms with van der Waals surface area (Å²) in [6.07, 6.45) is 1.32. The summed E-state index contributed by atoms with van der Waals surface area (Å²) in [5, 5.41) is 2.72. The maximum absolute atomic E-state index is 12.4. The predicted octanol–water partition coefficient (Wildman–Crippen LogP) is 1.11. The Kier molecular flexibility index (Phi) is 3.71. The Morgan fingerprint density at radius 3 is 2.67 bits per heavy atom. The first-order chi connectivity index (χ1) is 8.50. The number of para-hydroxylation sites is 1. The number of nitrogens with two attached hydrogens (primary N) is 2. The monoisotopic (exact) mass is 268 g/mol. The lowest BCUT2D eigenvalue weighted by atomic mass is 10.1. The molecule has 1 heterocycles. The summed E-state index contributed by atoms with van der Waals surface area (Å²) < 4.78 is 13.6. The van der Waals surface area contributed by atoms with Gasteiger partial charge in [0.2, 0.25) is 5.91 Å². The summed E-state index contributed by atoms with van der Waals surface area (Å²) in [4.78, 5) is 11.9. The van der Waals surface area contributed by atoms with Crippen LogP contribution in [0.2, 0.25) is 0 Å². The molecule has 0 saturated carbocycles. The SMILES string of the molecule is N[C@H]1CCCN(P(N)(=O)Nc2ccccc2)C1=O. The number of hydrogen-bond donors (Lipinski definition) is 3. The lowest BCUT2D eigenvalue weighted by Crippen LogP contribution is -2.48. The molecule has 1 fully saturated rings. The highest BCUT2D eigenvalue weighted by Gasteiger charge is 2.36. The maximum atomic E-state index is 12.4. The average Bonchev–Trinajstić information content (AvgIpc) is 2.33. The van der Waals surface area contributed by atoms with Gasteiger partial charge in [-0.1, -0.05) is 18.2 Å². The fraction of sp³-hybridized carbons (Fsp3) is 0.364. The van der Waals surface area contributed by atoms with Gasteiger partial charge in [-0.15, -0.1) is 0 Å². The quantitative estimate of drug-likeness (QED) is 0.713. The second-order valence-electron chi connectivity index (χ2n) is 4.31. The fourth-order valence-electron chi connectivity index (χ4n) is 1.94. The molecule has 1 unspecified atom stereocenters. The molecule has 7 heteroatoms. The van der Waals surface area contributed by atoms with Gasteiger partial charge in [0.1, 0.15) is 0 Å². The van der Waals surface area contributed by atoms with E-state index in [1.807, 2.05) is 6.07 Å². The van der Waals surface area contributed by atoms with Crippen molar-refractivity contribution in [3.63, 3.8) is 0 Å². The van der Waals surface area contributed by atoms with Gasteiger partial charge in [-0.25, -0.2) is 5.50 Å². The van der Waals surface area contributed by atoms with Crippen LogP contribution in [0.1, 0.15) is 12.8 Å². The van der Waals surface area contributed by atoms with Crippen molar-refractivity contribution in [1.82, 2.24) is 4.67 Å². The highest BCUT2D eigenvalue weighted by molar-refractivity contribution is 7.61. The minimum absolute atomic E-state index is 0.351. The highest BCUT2D eigenvalue weighted by atomic mass is 31.2. The van der Waals surface area contributed by atoms with Gasteiger partial charge in [0.25, 0.3) is 0 Å². The zero-order chi connectivity index (χ0) is 13.2. The minimum Gasteiger partial charge on any atom is -0.320 e. The van der Waals surface area contributed by atoms with Crippen molar-refractivity contribution in [2.75, 3.05) is 11.6 Å². The molecule has 1 aromatic carbocycles. The third-order valence-electron chi connectivity index (χ3n) is 2.88. The molecule has 98 valence electrons. The largest absolute Gasteiger partial charge is 0.330 e. The maximum Gasteiger partial charge on any atom is 0.330 e. The van der Waals surface area contributed by atoms with Gasteiger partial charge < -0.3 is 10.8 Å². The Balaban J connectivity index is 2.15. The van der Waals surface area contributed by atoms with Crippen LogP contribution in [0.15, 0.2) is 30.3 Å². The van der Waals surface area contributed by atoms with Crippen molar-refractivity contribution < 1.29 is 9.36 Å². The molecule has 5 N–H and O–H groups in total. The van der Waals surface area contributed by atoms with E-state index >= 15 is 0 Å². The molecule has 0 aliphatic carbocycles. The third-order valence-corrected chi connectivity index (χ3v) is 4.57. The van der Waals surface area contributed by atoms with E-state index in [2.05, 4.69) is 5.09 Å². The fourth-order valence-corrected chi connectivity index (χ4v) is 3.46. The lowest BCUT2D eigenvalue weighted by molar-refractivity contribution is -0.129. The van der Waals surface area contributed by atoms with Gasteiger partial charge in [0, 0.05) is 12.2 Å². The summed E-state index contributed by atoms with van der Waals surface area (Å²) in [5.74, 6) is -0.351. The Labute approximate surface area is 106 Å². The molecule has 6 nitrogen and oxygen atoms in total. The number of amides is 1. The van der Waals surface area contributed by atoms with Gasteiger partial charge in [-0.05, 0) is 25.0 Å². The summed E-state index contributed by atoms with van der Waals surface area (Å²) in [5.41, 5.74) is 12.1. The van der Waals surface area contributed by atoms with Crippen molar-refractivity contribution >= 4 is 19.2 Å². The van der Waals surface area contributed by atoms with Crippen LogP contribution in [0.3, 0.4) is 0 Å². The molecule has 1 aliphatic rings. The molecule has 1 aromatic rings. The summed E-state index contributed by atoms with van der Waals surface area (Å²) in [6, 6.07) is 8.32. The van der Waals surface area contributed by atoms with Crippen molar-refractivity contribution in [2.24, 2.45) is 11.2 Å². The zero-order valence-corrected chi connectivity index (χ0v) is 10.8. The lowest BCUT2D eigenvalue weighted by Gasteiger charge is -2.34. The first-order valence-corrected chi connectivity index (χ1v) is 7.53. The van der Waals surface area contributed by atoms with Crippen LogP contribution in [-0.2, 0) is 9.36 Å². The molecular formula is C11H17N4O2P. The Bertz CT molecular complexity index is 479. The van der Waals surface area contributed by atoms with Crippen molar-refractivity contribution in [3.05, 3.63) is 30.3 Å². The molecule has 1 saturated heterocycles. The topological polar surface area (TPSA) is 101 Å². The van der Waals surface area contributed by atoms with E-state index in [4.69, 9.17) is 11.2 Å². The van der Waals surface area contributed by atoms with E-state index in [0.29, 0.717) is 25.1 Å². The van der Waals surface area contributed by atoms with Gasteiger partial charge in [-0.3, -0.25) is 14.0 Å². The smallest absolute Gasteiger partial charge is 0.320 e. The molecule has 0 radical (unpaired) electrons. The number of hydrogen-bond acceptors (Lipinski definition) is 3. The predicted molar refractivity (Wildman–Crippen MR) is 70.8 cm³/mol. The normalized spacial score (nSPS) is 23.6. The summed E-state index contributed by atoms with van der Waals surface area (Å²) >= 11 is 0. The molecule has 1 aliphatic heterocycles. The van der Waals surface area contributed by atoms with Gasteiger partial charge >= 0.3 is 7.59 Å². The Morgan fingerprint density at radius 2 is 2.00 bits per heavy atom. The Hall–Kier alpha value is -1.36. The van der Waals surface area contributed by atoms with Gasteiger partial charge in [0.05, 0.1) is 6.04 Å². The minimum atomic E-state index is -3.43. The zero-order valence-electron chi connectivity index (χ0n) is 9.95. The second-order valence-corrected chi connectivity index (χ2v) is 6.26. The number of piperidine rings is 1. The number of anilines is 1. The molecule has 18 heavy (non-hydrogen) atoms. The van der Waals surface area contributed by atoms with Crippen LogP contribution in [0.25, 0.3) is 0 Å². The first kappa shape index (κ1) is 13.1. The van der Waals surface area contributed by atoms with Crippen molar-refractivity contribution in [3.8, 4) is 0 Å². The molecule has 2 atom stereocenters.